The standard InChI is InChI=1S/C24H16N2O/c1-15-9-10-18-20(14-15)26(22-8-4-5-13-25-22)19-12-11-17-16-6-2-3-7-21(16)27-24(17)23(18)19/h2-14H,1H3. The van der Waals surface area contributed by atoms with Crippen molar-refractivity contribution in [3.05, 3.63) is 84.6 Å². The molecule has 0 atom stereocenters. The van der Waals surface area contributed by atoms with Crippen molar-refractivity contribution in [2.24, 2.45) is 0 Å². The molecule has 3 aromatic heterocycles. The van der Waals surface area contributed by atoms with E-state index >= 15 is 0 Å². The fourth-order valence-electron chi connectivity index (χ4n) is 4.13. The second-order valence-electron chi connectivity index (χ2n) is 6.98. The number of hydrogen-bond donors (Lipinski definition) is 0. The Bertz CT molecular complexity index is 1470. The van der Waals surface area contributed by atoms with Gasteiger partial charge in [0.05, 0.1) is 16.4 Å². The molecule has 27 heavy (non-hydrogen) atoms. The van der Waals surface area contributed by atoms with Crippen LogP contribution < -0.4 is 0 Å². The normalized spacial score (nSPS) is 11.9. The van der Waals surface area contributed by atoms with Crippen molar-refractivity contribution in [2.45, 2.75) is 6.92 Å². The van der Waals surface area contributed by atoms with Gasteiger partial charge in [0.1, 0.15) is 17.0 Å². The number of benzene rings is 3. The molecule has 6 aromatic rings. The van der Waals surface area contributed by atoms with Gasteiger partial charge in [-0.15, -0.1) is 0 Å². The lowest BCUT2D eigenvalue weighted by atomic mass is 10.1. The molecule has 3 heterocycles. The molecule has 0 saturated heterocycles. The maximum atomic E-state index is 6.32. The van der Waals surface area contributed by atoms with E-state index in [1.54, 1.807) is 0 Å². The monoisotopic (exact) mass is 348 g/mol. The van der Waals surface area contributed by atoms with Gasteiger partial charge in [0, 0.05) is 22.4 Å². The van der Waals surface area contributed by atoms with Crippen LogP contribution in [0.4, 0.5) is 0 Å². The van der Waals surface area contributed by atoms with Crippen LogP contribution >= 0.6 is 0 Å². The molecule has 0 radical (unpaired) electrons. The Hall–Kier alpha value is -3.59. The van der Waals surface area contributed by atoms with Crippen LogP contribution in [0.25, 0.3) is 49.6 Å². The molecule has 0 unspecified atom stereocenters. The highest BCUT2D eigenvalue weighted by Crippen LogP contribution is 2.40. The molecule has 0 fully saturated rings. The molecule has 0 N–H and O–H groups in total. The minimum atomic E-state index is 0.915. The number of furan rings is 1. The third-order valence-electron chi connectivity index (χ3n) is 5.31. The first kappa shape index (κ1) is 14.6. The lowest BCUT2D eigenvalue weighted by Gasteiger charge is -2.06. The Morgan fingerprint density at radius 3 is 2.52 bits per heavy atom. The minimum absolute atomic E-state index is 0.915. The van der Waals surface area contributed by atoms with Crippen LogP contribution in [0.2, 0.25) is 0 Å². The van der Waals surface area contributed by atoms with Crippen LogP contribution in [0.1, 0.15) is 5.56 Å². The van der Waals surface area contributed by atoms with E-state index in [2.05, 4.69) is 58.9 Å². The number of nitrogens with zero attached hydrogens (tertiary/aromatic N) is 2. The Labute approximate surface area is 155 Å². The maximum absolute atomic E-state index is 6.32. The zero-order chi connectivity index (χ0) is 18.0. The van der Waals surface area contributed by atoms with Gasteiger partial charge >= 0.3 is 0 Å². The fraction of sp³-hybridized carbons (Fsp3) is 0.0417. The highest BCUT2D eigenvalue weighted by Gasteiger charge is 2.18. The second kappa shape index (κ2) is 5.21. The Balaban J connectivity index is 1.89. The number of para-hydroxylation sites is 1. The van der Waals surface area contributed by atoms with Gasteiger partial charge in [-0.2, -0.15) is 0 Å². The van der Waals surface area contributed by atoms with Crippen LogP contribution in [-0.2, 0) is 0 Å². The highest BCUT2D eigenvalue weighted by molar-refractivity contribution is 6.23. The zero-order valence-electron chi connectivity index (χ0n) is 14.8. The molecule has 6 rings (SSSR count). The summed E-state index contributed by atoms with van der Waals surface area (Å²) in [5, 5.41) is 4.63. The van der Waals surface area contributed by atoms with E-state index in [9.17, 15) is 0 Å². The lowest BCUT2D eigenvalue weighted by molar-refractivity contribution is 0.673. The predicted octanol–water partition coefficient (Wildman–Crippen LogP) is 6.39. The molecule has 0 aliphatic heterocycles. The molecule has 0 saturated carbocycles. The van der Waals surface area contributed by atoms with Gasteiger partial charge in [-0.1, -0.05) is 36.4 Å². The van der Waals surface area contributed by atoms with E-state index in [1.807, 2.05) is 36.5 Å². The topological polar surface area (TPSA) is 31.0 Å². The van der Waals surface area contributed by atoms with Crippen LogP contribution in [0.3, 0.4) is 0 Å². The van der Waals surface area contributed by atoms with E-state index in [1.165, 1.54) is 10.9 Å². The van der Waals surface area contributed by atoms with Crippen molar-refractivity contribution in [1.82, 2.24) is 9.55 Å². The predicted molar refractivity (Wildman–Crippen MR) is 111 cm³/mol. The van der Waals surface area contributed by atoms with Crippen LogP contribution in [0.5, 0.6) is 0 Å². The summed E-state index contributed by atoms with van der Waals surface area (Å²) in [6.07, 6.45) is 1.84. The SMILES string of the molecule is Cc1ccc2c3c4oc5ccccc5c4ccc3n(-c3ccccn3)c2c1. The van der Waals surface area contributed by atoms with E-state index in [0.29, 0.717) is 0 Å². The van der Waals surface area contributed by atoms with Crippen LogP contribution in [0, 0.1) is 6.92 Å². The summed E-state index contributed by atoms with van der Waals surface area (Å²) in [6, 6.07) is 25.2. The minimum Gasteiger partial charge on any atom is -0.455 e. The molecule has 0 spiro atoms. The zero-order valence-corrected chi connectivity index (χ0v) is 14.8. The second-order valence-corrected chi connectivity index (χ2v) is 6.98. The van der Waals surface area contributed by atoms with E-state index in [-0.39, 0.29) is 0 Å². The molecule has 0 aliphatic carbocycles. The summed E-state index contributed by atoms with van der Waals surface area (Å²) in [6.45, 7) is 2.12. The summed E-state index contributed by atoms with van der Waals surface area (Å²) >= 11 is 0. The summed E-state index contributed by atoms with van der Waals surface area (Å²) in [5.41, 5.74) is 5.35. The quantitative estimate of drug-likeness (QED) is 0.345. The van der Waals surface area contributed by atoms with E-state index in [0.717, 1.165) is 44.2 Å². The van der Waals surface area contributed by atoms with Gasteiger partial charge < -0.3 is 4.42 Å². The number of hydrogen-bond acceptors (Lipinski definition) is 2. The molecule has 0 aliphatic rings. The number of aromatic nitrogens is 2. The van der Waals surface area contributed by atoms with Crippen molar-refractivity contribution >= 4 is 43.7 Å². The smallest absolute Gasteiger partial charge is 0.145 e. The van der Waals surface area contributed by atoms with Gasteiger partial charge in [-0.05, 0) is 48.9 Å². The summed E-state index contributed by atoms with van der Waals surface area (Å²) in [5.74, 6) is 0.915. The largest absolute Gasteiger partial charge is 0.455 e. The van der Waals surface area contributed by atoms with Gasteiger partial charge in [0.15, 0.2) is 0 Å². The first-order chi connectivity index (χ1) is 13.3. The number of pyridine rings is 1. The average Bonchev–Trinajstić information content (AvgIpc) is 3.23. The van der Waals surface area contributed by atoms with Gasteiger partial charge in [0.2, 0.25) is 0 Å². The first-order valence-corrected chi connectivity index (χ1v) is 9.08. The molecule has 3 aromatic carbocycles. The third-order valence-corrected chi connectivity index (χ3v) is 5.31. The van der Waals surface area contributed by atoms with E-state index < -0.39 is 0 Å². The third kappa shape index (κ3) is 1.94. The van der Waals surface area contributed by atoms with Crippen molar-refractivity contribution in [3.63, 3.8) is 0 Å². The Kier molecular flexibility index (Phi) is 2.81. The van der Waals surface area contributed by atoms with Gasteiger partial charge in [-0.25, -0.2) is 4.98 Å². The Morgan fingerprint density at radius 2 is 1.63 bits per heavy atom. The molecular weight excluding hydrogens is 332 g/mol. The first-order valence-electron chi connectivity index (χ1n) is 9.08. The fourth-order valence-corrected chi connectivity index (χ4v) is 4.13. The molecule has 3 nitrogen and oxygen atoms in total. The van der Waals surface area contributed by atoms with Crippen molar-refractivity contribution in [2.75, 3.05) is 0 Å². The molecule has 3 heteroatoms. The van der Waals surface area contributed by atoms with Crippen LogP contribution in [0.15, 0.2) is 83.4 Å². The Morgan fingerprint density at radius 1 is 0.778 bits per heavy atom. The lowest BCUT2D eigenvalue weighted by Crippen LogP contribution is -1.96. The number of fused-ring (bicyclic) bond motifs is 7. The van der Waals surface area contributed by atoms with Gasteiger partial charge in [0.25, 0.3) is 0 Å². The average molecular weight is 348 g/mol. The van der Waals surface area contributed by atoms with Crippen molar-refractivity contribution < 1.29 is 4.42 Å². The highest BCUT2D eigenvalue weighted by atomic mass is 16.3. The molecule has 0 bridgehead atoms. The number of rotatable bonds is 1. The van der Waals surface area contributed by atoms with Gasteiger partial charge in [-0.3, -0.25) is 4.57 Å². The van der Waals surface area contributed by atoms with Crippen LogP contribution in [-0.4, -0.2) is 9.55 Å². The molecule has 128 valence electrons. The van der Waals surface area contributed by atoms with Crippen molar-refractivity contribution in [3.8, 4) is 5.82 Å². The molecular formula is C24H16N2O. The maximum Gasteiger partial charge on any atom is 0.145 e. The number of aryl methyl sites for hydroxylation is 1. The summed E-state index contributed by atoms with van der Waals surface area (Å²) in [4.78, 5) is 4.61. The van der Waals surface area contributed by atoms with E-state index in [4.69, 9.17) is 4.42 Å². The summed E-state index contributed by atoms with van der Waals surface area (Å²) < 4.78 is 8.55. The molecule has 0 amide bonds. The summed E-state index contributed by atoms with van der Waals surface area (Å²) in [7, 11) is 0. The van der Waals surface area contributed by atoms with Crippen molar-refractivity contribution in [1.29, 1.82) is 0 Å².